The number of carbonyl (C=O) groups excluding carboxylic acids is 2. The standard InChI is InChI=1S/C28H36ClN3O4S/c1-19-5-3-8-24(37(2,35)36)17-25(31-28(34)22-6-4-7-23(29)16-22)27(19)32-13-11-20(12-14-32)15-26(33)30-18-21-9-10-21/h4,6-8,16-17,20-21H,3,5,9-15,18H2,1-2H3,(H,30,33)(H,31,34). The first-order valence-electron chi connectivity index (χ1n) is 13.0. The van der Waals surface area contributed by atoms with E-state index in [0.29, 0.717) is 47.4 Å². The summed E-state index contributed by atoms with van der Waals surface area (Å²) >= 11 is 6.09. The minimum Gasteiger partial charge on any atom is -0.370 e. The molecule has 1 heterocycles. The van der Waals surface area contributed by atoms with Gasteiger partial charge in [-0.2, -0.15) is 0 Å². The summed E-state index contributed by atoms with van der Waals surface area (Å²) in [4.78, 5) is 28.0. The van der Waals surface area contributed by atoms with Gasteiger partial charge in [-0.05, 0) is 87.1 Å². The van der Waals surface area contributed by atoms with Gasteiger partial charge < -0.3 is 15.5 Å². The zero-order valence-corrected chi connectivity index (χ0v) is 23.1. The summed E-state index contributed by atoms with van der Waals surface area (Å²) < 4.78 is 25.0. The Bertz CT molecular complexity index is 1240. The smallest absolute Gasteiger partial charge is 0.255 e. The maximum Gasteiger partial charge on any atom is 0.255 e. The van der Waals surface area contributed by atoms with E-state index in [-0.39, 0.29) is 16.7 Å². The van der Waals surface area contributed by atoms with Gasteiger partial charge >= 0.3 is 0 Å². The van der Waals surface area contributed by atoms with Crippen molar-refractivity contribution in [2.75, 3.05) is 25.9 Å². The van der Waals surface area contributed by atoms with Gasteiger partial charge in [-0.15, -0.1) is 0 Å². The molecule has 1 saturated heterocycles. The van der Waals surface area contributed by atoms with Crippen molar-refractivity contribution in [3.63, 3.8) is 0 Å². The van der Waals surface area contributed by atoms with E-state index < -0.39 is 9.84 Å². The largest absolute Gasteiger partial charge is 0.370 e. The number of nitrogens with zero attached hydrogens (tertiary/aromatic N) is 1. The summed E-state index contributed by atoms with van der Waals surface area (Å²) in [5.41, 5.74) is 2.82. The van der Waals surface area contributed by atoms with Crippen LogP contribution in [0.5, 0.6) is 0 Å². The van der Waals surface area contributed by atoms with Gasteiger partial charge in [0.25, 0.3) is 5.91 Å². The van der Waals surface area contributed by atoms with Crippen LogP contribution < -0.4 is 10.6 Å². The Morgan fingerprint density at radius 1 is 1.11 bits per heavy atom. The molecule has 0 bridgehead atoms. The van der Waals surface area contributed by atoms with E-state index in [2.05, 4.69) is 15.5 Å². The van der Waals surface area contributed by atoms with E-state index in [9.17, 15) is 18.0 Å². The third-order valence-electron chi connectivity index (χ3n) is 7.26. The van der Waals surface area contributed by atoms with Gasteiger partial charge in [0.1, 0.15) is 0 Å². The van der Waals surface area contributed by atoms with E-state index in [4.69, 9.17) is 11.6 Å². The van der Waals surface area contributed by atoms with Crippen LogP contribution in [0.3, 0.4) is 0 Å². The summed E-state index contributed by atoms with van der Waals surface area (Å²) in [7, 11) is -3.48. The van der Waals surface area contributed by atoms with Crippen molar-refractivity contribution in [3.05, 3.63) is 68.9 Å². The van der Waals surface area contributed by atoms with Crippen LogP contribution in [0.4, 0.5) is 0 Å². The SMILES string of the molecule is CC1=C(N2CCC(CC(=O)NCC3CC3)CC2)C(NC(=O)c2cccc(Cl)c2)=CC(S(C)(=O)=O)=CCC1. The van der Waals surface area contributed by atoms with Crippen LogP contribution in [0.1, 0.15) is 62.2 Å². The number of benzene rings is 1. The summed E-state index contributed by atoms with van der Waals surface area (Å²) in [6.07, 6.45) is 10.4. The van der Waals surface area contributed by atoms with E-state index >= 15 is 0 Å². The van der Waals surface area contributed by atoms with E-state index in [0.717, 1.165) is 43.7 Å². The fourth-order valence-corrected chi connectivity index (χ4v) is 5.88. The first kappa shape index (κ1) is 27.5. The highest BCUT2D eigenvalue weighted by Gasteiger charge is 2.28. The van der Waals surface area contributed by atoms with E-state index in [1.54, 1.807) is 36.4 Å². The van der Waals surface area contributed by atoms with Crippen molar-refractivity contribution in [2.45, 2.75) is 51.9 Å². The highest BCUT2D eigenvalue weighted by Crippen LogP contribution is 2.32. The Hall–Kier alpha value is -2.58. The number of hydrogen-bond acceptors (Lipinski definition) is 5. The number of carbonyl (C=O) groups is 2. The molecule has 0 atom stereocenters. The molecule has 1 aromatic carbocycles. The molecule has 0 aromatic heterocycles. The summed E-state index contributed by atoms with van der Waals surface area (Å²) in [5.74, 6) is 0.752. The highest BCUT2D eigenvalue weighted by molar-refractivity contribution is 7.94. The molecule has 2 fully saturated rings. The van der Waals surface area contributed by atoms with Crippen LogP contribution >= 0.6 is 11.6 Å². The monoisotopic (exact) mass is 545 g/mol. The second-order valence-corrected chi connectivity index (χ2v) is 12.9. The van der Waals surface area contributed by atoms with Gasteiger partial charge in [-0.1, -0.05) is 23.7 Å². The topological polar surface area (TPSA) is 95.6 Å². The number of allylic oxidation sites excluding steroid dienone is 3. The minimum atomic E-state index is -3.48. The summed E-state index contributed by atoms with van der Waals surface area (Å²) in [6.45, 7) is 4.29. The predicted molar refractivity (Wildman–Crippen MR) is 147 cm³/mol. The maximum absolute atomic E-state index is 13.2. The molecule has 0 spiro atoms. The molecular weight excluding hydrogens is 510 g/mol. The molecule has 2 aliphatic carbocycles. The van der Waals surface area contributed by atoms with E-state index in [1.165, 1.54) is 19.1 Å². The fraction of sp³-hybridized carbons (Fsp3) is 0.500. The van der Waals surface area contributed by atoms with Crippen molar-refractivity contribution in [1.82, 2.24) is 15.5 Å². The predicted octanol–water partition coefficient (Wildman–Crippen LogP) is 4.58. The lowest BCUT2D eigenvalue weighted by molar-refractivity contribution is -0.122. The number of halogens is 1. The average molecular weight is 546 g/mol. The highest BCUT2D eigenvalue weighted by atomic mass is 35.5. The molecule has 2 N–H and O–H groups in total. The van der Waals surface area contributed by atoms with Crippen molar-refractivity contribution in [1.29, 1.82) is 0 Å². The van der Waals surface area contributed by atoms with Crippen LogP contribution in [-0.4, -0.2) is 51.0 Å². The van der Waals surface area contributed by atoms with Crippen molar-refractivity contribution in [3.8, 4) is 0 Å². The second-order valence-electron chi connectivity index (χ2n) is 10.5. The minimum absolute atomic E-state index is 0.129. The van der Waals surface area contributed by atoms with E-state index in [1.807, 2.05) is 6.92 Å². The van der Waals surface area contributed by atoms with Gasteiger partial charge in [0.15, 0.2) is 9.84 Å². The Kier molecular flexibility index (Phi) is 8.80. The zero-order valence-electron chi connectivity index (χ0n) is 21.6. The van der Waals surface area contributed by atoms with Gasteiger partial charge in [0.2, 0.25) is 5.91 Å². The lowest BCUT2D eigenvalue weighted by Gasteiger charge is -2.37. The molecule has 1 saturated carbocycles. The number of sulfone groups is 1. The number of likely N-dealkylation sites (tertiary alicyclic amines) is 1. The van der Waals surface area contributed by atoms with Crippen molar-refractivity contribution in [2.24, 2.45) is 11.8 Å². The van der Waals surface area contributed by atoms with Gasteiger partial charge in [-0.3, -0.25) is 9.59 Å². The number of piperidine rings is 1. The maximum atomic E-state index is 13.2. The fourth-order valence-electron chi connectivity index (χ4n) is 4.94. The van der Waals surface area contributed by atoms with Gasteiger partial charge in [0, 0.05) is 42.9 Å². The molecule has 7 nitrogen and oxygen atoms in total. The van der Waals surface area contributed by atoms with Crippen LogP contribution in [-0.2, 0) is 14.6 Å². The molecule has 0 unspecified atom stereocenters. The molecular formula is C28H36ClN3O4S. The summed E-state index contributed by atoms with van der Waals surface area (Å²) in [5, 5.41) is 6.50. The van der Waals surface area contributed by atoms with Crippen molar-refractivity contribution < 1.29 is 18.0 Å². The molecule has 1 aromatic rings. The number of rotatable bonds is 8. The number of hydrogen-bond donors (Lipinski definition) is 2. The number of nitrogens with one attached hydrogen (secondary N) is 2. The Morgan fingerprint density at radius 3 is 2.49 bits per heavy atom. The molecule has 9 heteroatoms. The quantitative estimate of drug-likeness (QED) is 0.498. The first-order valence-corrected chi connectivity index (χ1v) is 15.3. The van der Waals surface area contributed by atoms with Crippen molar-refractivity contribution >= 4 is 33.3 Å². The lowest BCUT2D eigenvalue weighted by atomic mass is 9.91. The van der Waals surface area contributed by atoms with Crippen LogP contribution in [0.25, 0.3) is 0 Å². The molecule has 0 radical (unpaired) electrons. The molecule has 4 rings (SSSR count). The molecule has 2 amide bonds. The third-order valence-corrected chi connectivity index (χ3v) is 8.64. The molecule has 200 valence electrons. The summed E-state index contributed by atoms with van der Waals surface area (Å²) in [6, 6.07) is 6.67. The Morgan fingerprint density at radius 2 is 1.84 bits per heavy atom. The molecule has 37 heavy (non-hydrogen) atoms. The van der Waals surface area contributed by atoms with Gasteiger partial charge in [0.05, 0.1) is 16.3 Å². The van der Waals surface area contributed by atoms with Crippen LogP contribution in [0.2, 0.25) is 5.02 Å². The molecule has 1 aliphatic heterocycles. The van der Waals surface area contributed by atoms with Crippen LogP contribution in [0, 0.1) is 11.8 Å². The normalized spacial score (nSPS) is 19.5. The number of amides is 2. The van der Waals surface area contributed by atoms with Crippen LogP contribution in [0.15, 0.2) is 58.3 Å². The zero-order chi connectivity index (χ0) is 26.6. The average Bonchev–Trinajstić information content (AvgIpc) is 3.66. The molecule has 3 aliphatic rings. The first-order chi connectivity index (χ1) is 17.6. The lowest BCUT2D eigenvalue weighted by Crippen LogP contribution is -2.39. The Labute approximate surface area is 224 Å². The van der Waals surface area contributed by atoms with Gasteiger partial charge in [-0.25, -0.2) is 8.42 Å². The Balaban J connectivity index is 1.53. The third kappa shape index (κ3) is 7.71. The second kappa shape index (κ2) is 11.9.